The lowest BCUT2D eigenvalue weighted by atomic mass is 9.91. The lowest BCUT2D eigenvalue weighted by Gasteiger charge is -2.36. The predicted molar refractivity (Wildman–Crippen MR) is 107 cm³/mol. The molecule has 162 valence electrons. The third-order valence-corrected chi connectivity index (χ3v) is 5.15. The van der Waals surface area contributed by atoms with E-state index in [0.29, 0.717) is 5.56 Å². The van der Waals surface area contributed by atoms with Crippen LogP contribution >= 0.6 is 0 Å². The topological polar surface area (TPSA) is 124 Å². The largest absolute Gasteiger partial charge is 0.480 e. The van der Waals surface area contributed by atoms with Crippen LogP contribution in [0.5, 0.6) is 0 Å². The quantitative estimate of drug-likeness (QED) is 0.569. The molecule has 1 aliphatic heterocycles. The molecule has 31 heavy (non-hydrogen) atoms. The maximum atomic E-state index is 13.1. The molecule has 1 heterocycles. The molecule has 1 aliphatic rings. The molecule has 1 saturated heterocycles. The number of carboxylic acid groups (broad SMARTS) is 1. The Morgan fingerprint density at radius 2 is 1.65 bits per heavy atom. The average Bonchev–Trinajstić information content (AvgIpc) is 2.75. The minimum Gasteiger partial charge on any atom is -0.480 e. The van der Waals surface area contributed by atoms with Crippen molar-refractivity contribution in [2.24, 2.45) is 5.92 Å². The highest BCUT2D eigenvalue weighted by molar-refractivity contribution is 6.19. The predicted octanol–water partition coefficient (Wildman–Crippen LogP) is 1.14. The first-order valence-corrected chi connectivity index (χ1v) is 9.61. The zero-order valence-corrected chi connectivity index (χ0v) is 16.5. The monoisotopic (exact) mass is 428 g/mol. The van der Waals surface area contributed by atoms with Crippen LogP contribution in [0.1, 0.15) is 18.0 Å². The number of carboxylic acids is 1. The third kappa shape index (κ3) is 4.95. The molecule has 1 fully saturated rings. The van der Waals surface area contributed by atoms with Crippen LogP contribution in [0.2, 0.25) is 0 Å². The normalized spacial score (nSPS) is 17.4. The number of likely N-dealkylation sites (tertiary alicyclic amines) is 1. The van der Waals surface area contributed by atoms with Crippen LogP contribution in [0.25, 0.3) is 11.1 Å². The third-order valence-electron chi connectivity index (χ3n) is 5.15. The number of nitrogens with one attached hydrogen (secondary N) is 1. The zero-order chi connectivity index (χ0) is 22.5. The van der Waals surface area contributed by atoms with Gasteiger partial charge >= 0.3 is 5.97 Å². The molecule has 0 aromatic heterocycles. The maximum absolute atomic E-state index is 13.1. The van der Waals surface area contributed by atoms with Crippen LogP contribution in [0.15, 0.2) is 48.5 Å². The summed E-state index contributed by atoms with van der Waals surface area (Å²) >= 11 is 0. The van der Waals surface area contributed by atoms with E-state index in [4.69, 9.17) is 5.11 Å². The van der Waals surface area contributed by atoms with Gasteiger partial charge in [0, 0.05) is 13.0 Å². The number of aliphatic hydroxyl groups excluding tert-OH is 1. The highest BCUT2D eigenvalue weighted by atomic mass is 19.1. The Labute approximate surface area is 177 Å². The van der Waals surface area contributed by atoms with Crippen LogP contribution in [0.4, 0.5) is 4.39 Å². The number of carbonyl (C=O) groups excluding carboxylic acids is 3. The molecule has 0 saturated carbocycles. The van der Waals surface area contributed by atoms with Gasteiger partial charge in [-0.25, -0.2) is 4.39 Å². The number of hydrogen-bond donors (Lipinski definition) is 3. The Morgan fingerprint density at radius 1 is 1.06 bits per heavy atom. The van der Waals surface area contributed by atoms with Crippen molar-refractivity contribution in [2.75, 3.05) is 19.7 Å². The minimum absolute atomic E-state index is 0.0331. The summed E-state index contributed by atoms with van der Waals surface area (Å²) < 4.78 is 13.1. The van der Waals surface area contributed by atoms with E-state index in [2.05, 4.69) is 5.32 Å². The molecule has 3 N–H and O–H groups in total. The highest BCUT2D eigenvalue weighted by Gasteiger charge is 2.43. The van der Waals surface area contributed by atoms with E-state index >= 15 is 0 Å². The summed E-state index contributed by atoms with van der Waals surface area (Å²) in [6.07, 6.45) is -0.0823. The molecule has 0 spiro atoms. The molecule has 8 nitrogen and oxygen atoms in total. The fourth-order valence-corrected chi connectivity index (χ4v) is 3.55. The number of ketones is 1. The molecule has 2 amide bonds. The van der Waals surface area contributed by atoms with Gasteiger partial charge in [-0.3, -0.25) is 19.2 Å². The number of amides is 2. The van der Waals surface area contributed by atoms with Crippen LogP contribution in [-0.2, 0) is 19.2 Å². The number of halogens is 1. The molecule has 9 heteroatoms. The Kier molecular flexibility index (Phi) is 6.76. The minimum atomic E-state index is -1.64. The number of aliphatic carboxylic acids is 1. The van der Waals surface area contributed by atoms with Crippen LogP contribution in [-0.4, -0.2) is 58.4 Å². The molecule has 2 aromatic rings. The zero-order valence-electron chi connectivity index (χ0n) is 16.5. The Morgan fingerprint density at radius 3 is 2.19 bits per heavy atom. The van der Waals surface area contributed by atoms with Crippen molar-refractivity contribution in [2.45, 2.75) is 12.5 Å². The first-order valence-electron chi connectivity index (χ1n) is 9.61. The number of piperidine rings is 1. The van der Waals surface area contributed by atoms with E-state index in [9.17, 15) is 28.7 Å². The van der Waals surface area contributed by atoms with E-state index in [1.807, 2.05) is 0 Å². The summed E-state index contributed by atoms with van der Waals surface area (Å²) in [5.74, 6) is -5.62. The summed E-state index contributed by atoms with van der Waals surface area (Å²) in [4.78, 5) is 49.2. The smallest absolute Gasteiger partial charge is 0.322 e. The van der Waals surface area contributed by atoms with Crippen molar-refractivity contribution in [1.82, 2.24) is 10.2 Å². The average molecular weight is 428 g/mol. The van der Waals surface area contributed by atoms with Crippen molar-refractivity contribution in [3.05, 3.63) is 59.9 Å². The number of rotatable bonds is 7. The van der Waals surface area contributed by atoms with Gasteiger partial charge in [0.05, 0.1) is 12.6 Å². The molecular weight excluding hydrogens is 407 g/mol. The van der Waals surface area contributed by atoms with E-state index in [1.165, 1.54) is 17.0 Å². The van der Waals surface area contributed by atoms with E-state index in [1.54, 1.807) is 36.4 Å². The summed E-state index contributed by atoms with van der Waals surface area (Å²) in [6, 6.07) is 12.1. The molecule has 0 radical (unpaired) electrons. The van der Waals surface area contributed by atoms with Gasteiger partial charge in [-0.05, 0) is 28.8 Å². The van der Waals surface area contributed by atoms with Gasteiger partial charge in [-0.15, -0.1) is 0 Å². The van der Waals surface area contributed by atoms with E-state index in [0.717, 1.165) is 11.1 Å². The first-order chi connectivity index (χ1) is 14.8. The fourth-order valence-electron chi connectivity index (χ4n) is 3.55. The number of carbonyl (C=O) groups is 4. The number of benzene rings is 2. The Balaban J connectivity index is 1.80. The second kappa shape index (κ2) is 9.48. The van der Waals surface area contributed by atoms with E-state index in [-0.39, 0.29) is 18.8 Å². The highest BCUT2D eigenvalue weighted by Crippen LogP contribution is 2.29. The number of Topliss-reactive ketones (excluding diaryl/α,β-unsaturated/α-hetero) is 1. The van der Waals surface area contributed by atoms with Crippen molar-refractivity contribution in [1.29, 1.82) is 0 Å². The summed E-state index contributed by atoms with van der Waals surface area (Å²) in [7, 11) is 0. The standard InChI is InChI=1S/C22H21FN2O6/c23-16-7-5-14(6-8-16)13-1-3-15(4-2-13)17(12-26)25-10-9-18(27)20(22(25)31)21(30)24-11-19(28)29/h1-8,17,20,26H,9-12H2,(H,24,30)(H,28,29). The Hall–Kier alpha value is -3.59. The second-order valence-corrected chi connectivity index (χ2v) is 7.12. The van der Waals surface area contributed by atoms with Crippen LogP contribution < -0.4 is 5.32 Å². The van der Waals surface area contributed by atoms with Gasteiger partial charge in [-0.1, -0.05) is 36.4 Å². The van der Waals surface area contributed by atoms with Crippen LogP contribution in [0.3, 0.4) is 0 Å². The molecule has 2 atom stereocenters. The van der Waals surface area contributed by atoms with Gasteiger partial charge in [0.2, 0.25) is 11.8 Å². The SMILES string of the molecule is O=C(O)CNC(=O)C1C(=O)CCN(C(CO)c2ccc(-c3ccc(F)cc3)cc2)C1=O. The number of hydrogen-bond acceptors (Lipinski definition) is 5. The second-order valence-electron chi connectivity index (χ2n) is 7.12. The van der Waals surface area contributed by atoms with Gasteiger partial charge < -0.3 is 20.4 Å². The van der Waals surface area contributed by atoms with Crippen LogP contribution in [0, 0.1) is 11.7 Å². The molecule has 2 unspecified atom stereocenters. The van der Waals surface area contributed by atoms with Crippen molar-refractivity contribution >= 4 is 23.6 Å². The van der Waals surface area contributed by atoms with Gasteiger partial charge in [0.15, 0.2) is 11.7 Å². The number of aliphatic hydroxyl groups is 1. The molecular formula is C22H21FN2O6. The Bertz CT molecular complexity index is 990. The lowest BCUT2D eigenvalue weighted by molar-refractivity contribution is -0.154. The van der Waals surface area contributed by atoms with Gasteiger partial charge in [-0.2, -0.15) is 0 Å². The fraction of sp³-hybridized carbons (Fsp3) is 0.273. The number of nitrogens with zero attached hydrogens (tertiary/aromatic N) is 1. The summed E-state index contributed by atoms with van der Waals surface area (Å²) in [6.45, 7) is -1.10. The molecule has 3 rings (SSSR count). The lowest BCUT2D eigenvalue weighted by Crippen LogP contribution is -2.54. The van der Waals surface area contributed by atoms with Gasteiger partial charge in [0.1, 0.15) is 12.4 Å². The first kappa shape index (κ1) is 22.1. The maximum Gasteiger partial charge on any atom is 0.322 e. The van der Waals surface area contributed by atoms with Crippen molar-refractivity contribution in [3.63, 3.8) is 0 Å². The van der Waals surface area contributed by atoms with Crippen molar-refractivity contribution in [3.8, 4) is 11.1 Å². The molecule has 2 aromatic carbocycles. The molecule has 0 bridgehead atoms. The van der Waals surface area contributed by atoms with Crippen molar-refractivity contribution < 1.29 is 33.8 Å². The molecule has 0 aliphatic carbocycles. The van der Waals surface area contributed by atoms with Gasteiger partial charge in [0.25, 0.3) is 0 Å². The summed E-state index contributed by atoms with van der Waals surface area (Å²) in [5, 5.41) is 20.7. The van der Waals surface area contributed by atoms with E-state index < -0.39 is 48.7 Å². The summed E-state index contributed by atoms with van der Waals surface area (Å²) in [5.41, 5.74) is 2.20.